The Bertz CT molecular complexity index is 851. The Kier molecular flexibility index (Phi) is 3.50. The van der Waals surface area contributed by atoms with E-state index in [2.05, 4.69) is 27.1 Å². The fourth-order valence-electron chi connectivity index (χ4n) is 3.02. The van der Waals surface area contributed by atoms with Gasteiger partial charge >= 0.3 is 0 Å². The van der Waals surface area contributed by atoms with Gasteiger partial charge in [-0.15, -0.1) is 11.3 Å². The van der Waals surface area contributed by atoms with Crippen LogP contribution in [0.5, 0.6) is 0 Å². The molecule has 4 rings (SSSR count). The minimum absolute atomic E-state index is 0.0839. The molecule has 0 bridgehead atoms. The smallest absolute Gasteiger partial charge is 0.254 e. The Morgan fingerprint density at radius 2 is 2.13 bits per heavy atom. The number of carbonyl (C=O) groups excluding carboxylic acids is 1. The van der Waals surface area contributed by atoms with Crippen molar-refractivity contribution in [1.82, 2.24) is 14.5 Å². The van der Waals surface area contributed by atoms with Crippen LogP contribution >= 0.6 is 11.3 Å². The number of aryl methyl sites for hydroxylation is 1. The summed E-state index contributed by atoms with van der Waals surface area (Å²) in [5, 5.41) is 2.08. The van der Waals surface area contributed by atoms with Gasteiger partial charge in [-0.3, -0.25) is 4.79 Å². The summed E-state index contributed by atoms with van der Waals surface area (Å²) in [5.41, 5.74) is 3.01. The number of hydrogen-bond acceptors (Lipinski definition) is 3. The number of hydrogen-bond donors (Lipinski definition) is 0. The molecule has 1 aromatic carbocycles. The number of nitrogens with zero attached hydrogens (tertiary/aromatic N) is 3. The highest BCUT2D eigenvalue weighted by molar-refractivity contribution is 7.13. The lowest BCUT2D eigenvalue weighted by atomic mass is 10.1. The highest BCUT2D eigenvalue weighted by Gasteiger charge is 2.24. The van der Waals surface area contributed by atoms with Crippen LogP contribution in [0.25, 0.3) is 10.6 Å². The third-order valence-electron chi connectivity index (χ3n) is 4.19. The van der Waals surface area contributed by atoms with Crippen LogP contribution in [0.15, 0.2) is 48.0 Å². The van der Waals surface area contributed by atoms with Gasteiger partial charge in [0.15, 0.2) is 0 Å². The number of imidazole rings is 1. The maximum Gasteiger partial charge on any atom is 0.254 e. The van der Waals surface area contributed by atoms with Gasteiger partial charge in [-0.1, -0.05) is 23.8 Å². The van der Waals surface area contributed by atoms with E-state index < -0.39 is 0 Å². The lowest BCUT2D eigenvalue weighted by Crippen LogP contribution is -2.38. The van der Waals surface area contributed by atoms with Gasteiger partial charge < -0.3 is 9.47 Å². The van der Waals surface area contributed by atoms with Gasteiger partial charge in [-0.05, 0) is 30.5 Å². The van der Waals surface area contributed by atoms with E-state index in [0.29, 0.717) is 13.1 Å². The number of thiophene rings is 1. The normalized spacial score (nSPS) is 13.9. The highest BCUT2D eigenvalue weighted by Crippen LogP contribution is 2.28. The first-order valence-electron chi connectivity index (χ1n) is 7.66. The predicted molar refractivity (Wildman–Crippen MR) is 91.5 cm³/mol. The van der Waals surface area contributed by atoms with E-state index in [-0.39, 0.29) is 5.91 Å². The average Bonchev–Trinajstić information content (AvgIpc) is 3.22. The second-order valence-electron chi connectivity index (χ2n) is 5.78. The number of amides is 1. The molecule has 4 nitrogen and oxygen atoms in total. The van der Waals surface area contributed by atoms with Crippen molar-refractivity contribution in [3.8, 4) is 10.6 Å². The molecule has 0 fully saturated rings. The zero-order chi connectivity index (χ0) is 15.8. The predicted octanol–water partition coefficient (Wildman–Crippen LogP) is 3.58. The lowest BCUT2D eigenvalue weighted by molar-refractivity contribution is 0.0708. The molecule has 1 aliphatic heterocycles. The van der Waals surface area contributed by atoms with Crippen molar-refractivity contribution in [2.45, 2.75) is 20.0 Å². The summed E-state index contributed by atoms with van der Waals surface area (Å²) in [6.45, 7) is 4.08. The van der Waals surface area contributed by atoms with Crippen molar-refractivity contribution in [3.05, 3.63) is 64.9 Å². The van der Waals surface area contributed by atoms with Gasteiger partial charge in [0.1, 0.15) is 5.82 Å². The van der Waals surface area contributed by atoms with E-state index in [4.69, 9.17) is 0 Å². The van der Waals surface area contributed by atoms with Gasteiger partial charge in [0.05, 0.1) is 23.3 Å². The zero-order valence-corrected chi connectivity index (χ0v) is 13.7. The van der Waals surface area contributed by atoms with Crippen molar-refractivity contribution in [2.75, 3.05) is 6.54 Å². The van der Waals surface area contributed by atoms with Crippen molar-refractivity contribution in [3.63, 3.8) is 0 Å². The maximum atomic E-state index is 12.7. The molecule has 0 atom stereocenters. The Hall–Kier alpha value is -2.40. The minimum Gasteiger partial charge on any atom is -0.329 e. The molecule has 1 amide bonds. The first-order chi connectivity index (χ1) is 11.2. The van der Waals surface area contributed by atoms with E-state index in [1.807, 2.05) is 42.3 Å². The fraction of sp³-hybridized carbons (Fsp3) is 0.222. The molecule has 0 N–H and O–H groups in total. The number of carbonyl (C=O) groups is 1. The first-order valence-corrected chi connectivity index (χ1v) is 8.54. The van der Waals surface area contributed by atoms with Crippen LogP contribution in [-0.4, -0.2) is 26.9 Å². The van der Waals surface area contributed by atoms with Crippen molar-refractivity contribution < 1.29 is 4.79 Å². The fourth-order valence-corrected chi connectivity index (χ4v) is 3.76. The van der Waals surface area contributed by atoms with E-state index in [1.165, 1.54) is 4.88 Å². The molecule has 116 valence electrons. The number of rotatable bonds is 2. The van der Waals surface area contributed by atoms with Gasteiger partial charge in [0.2, 0.25) is 0 Å². The third-order valence-corrected chi connectivity index (χ3v) is 5.08. The molecule has 5 heteroatoms. The summed E-state index contributed by atoms with van der Waals surface area (Å²) in [6.07, 6.45) is 1.92. The minimum atomic E-state index is 0.0839. The quantitative estimate of drug-likeness (QED) is 0.723. The average molecular weight is 323 g/mol. The second kappa shape index (κ2) is 5.66. The van der Waals surface area contributed by atoms with Gasteiger partial charge in [0.25, 0.3) is 5.91 Å². The van der Waals surface area contributed by atoms with Gasteiger partial charge in [-0.25, -0.2) is 4.98 Å². The van der Waals surface area contributed by atoms with Crippen LogP contribution in [0, 0.1) is 6.92 Å². The summed E-state index contributed by atoms with van der Waals surface area (Å²) in [5.74, 6) is 1.04. The summed E-state index contributed by atoms with van der Waals surface area (Å²) in [6, 6.07) is 11.9. The molecule has 0 saturated carbocycles. The summed E-state index contributed by atoms with van der Waals surface area (Å²) >= 11 is 1.72. The Morgan fingerprint density at radius 3 is 2.91 bits per heavy atom. The molecule has 2 aromatic heterocycles. The maximum absolute atomic E-state index is 12.7. The van der Waals surface area contributed by atoms with Gasteiger partial charge in [0, 0.05) is 18.7 Å². The molecular formula is C18H17N3OS. The van der Waals surface area contributed by atoms with Crippen molar-refractivity contribution in [2.24, 2.45) is 0 Å². The van der Waals surface area contributed by atoms with Crippen LogP contribution in [0.3, 0.4) is 0 Å². The second-order valence-corrected chi connectivity index (χ2v) is 6.73. The zero-order valence-electron chi connectivity index (χ0n) is 12.9. The van der Waals surface area contributed by atoms with Crippen LogP contribution in [0.4, 0.5) is 0 Å². The monoisotopic (exact) mass is 323 g/mol. The number of benzene rings is 1. The lowest BCUT2D eigenvalue weighted by Gasteiger charge is -2.28. The van der Waals surface area contributed by atoms with Crippen LogP contribution in [0.1, 0.15) is 21.7 Å². The van der Waals surface area contributed by atoms with Gasteiger partial charge in [-0.2, -0.15) is 0 Å². The first kappa shape index (κ1) is 14.2. The summed E-state index contributed by atoms with van der Waals surface area (Å²) in [7, 11) is 0. The van der Waals surface area contributed by atoms with E-state index in [1.54, 1.807) is 11.3 Å². The SMILES string of the molecule is Cc1cccc(C(=O)N2CCn3c(-c4cccs4)cnc3C2)c1. The van der Waals surface area contributed by atoms with E-state index >= 15 is 0 Å². The van der Waals surface area contributed by atoms with E-state index in [9.17, 15) is 4.79 Å². The molecule has 23 heavy (non-hydrogen) atoms. The Morgan fingerprint density at radius 1 is 1.22 bits per heavy atom. The van der Waals surface area contributed by atoms with Crippen molar-refractivity contribution >= 4 is 17.2 Å². The largest absolute Gasteiger partial charge is 0.329 e. The summed E-state index contributed by atoms with van der Waals surface area (Å²) < 4.78 is 2.23. The molecule has 3 heterocycles. The summed E-state index contributed by atoms with van der Waals surface area (Å²) in [4.78, 5) is 20.3. The standard InChI is InChI=1S/C18H17N3OS/c1-13-4-2-5-14(10-13)18(22)20-7-8-21-15(11-19-17(21)12-20)16-6-3-9-23-16/h2-6,9-11H,7-8,12H2,1H3. The van der Waals surface area contributed by atoms with Crippen LogP contribution < -0.4 is 0 Å². The van der Waals surface area contributed by atoms with Crippen molar-refractivity contribution in [1.29, 1.82) is 0 Å². The van der Waals surface area contributed by atoms with Crippen LogP contribution in [-0.2, 0) is 13.1 Å². The topological polar surface area (TPSA) is 38.1 Å². The number of aromatic nitrogens is 2. The Labute approximate surface area is 139 Å². The number of fused-ring (bicyclic) bond motifs is 1. The molecule has 3 aromatic rings. The molecule has 0 aliphatic carbocycles. The third kappa shape index (κ3) is 2.57. The molecule has 0 saturated heterocycles. The van der Waals surface area contributed by atoms with Crippen LogP contribution in [0.2, 0.25) is 0 Å². The highest BCUT2D eigenvalue weighted by atomic mass is 32.1. The van der Waals surface area contributed by atoms with E-state index in [0.717, 1.165) is 29.2 Å². The molecule has 0 spiro atoms. The Balaban J connectivity index is 1.59. The molecule has 1 aliphatic rings. The molecular weight excluding hydrogens is 306 g/mol. The molecule has 0 radical (unpaired) electrons. The molecule has 0 unspecified atom stereocenters.